The Kier molecular flexibility index (Phi) is 66.1. The van der Waals surface area contributed by atoms with Gasteiger partial charge in [0.15, 0.2) is 6.10 Å². The maximum Gasteiger partial charge on any atom is 0.306 e. The topological polar surface area (TPSA) is 78.9 Å². The number of hydrogen-bond donors (Lipinski definition) is 0. The van der Waals surface area contributed by atoms with Crippen molar-refractivity contribution in [3.63, 3.8) is 0 Å². The predicted octanol–water partition coefficient (Wildman–Crippen LogP) is 24.3. The van der Waals surface area contributed by atoms with E-state index < -0.39 is 6.10 Å². The Morgan fingerprint density at radius 3 is 0.762 bits per heavy atom. The first kappa shape index (κ1) is 77.1. The van der Waals surface area contributed by atoms with Crippen molar-refractivity contribution in [2.45, 2.75) is 380 Å². The average molecular weight is 1120 g/mol. The van der Waals surface area contributed by atoms with Gasteiger partial charge in [-0.05, 0) is 64.2 Å². The summed E-state index contributed by atoms with van der Waals surface area (Å²) in [5.74, 6) is -0.854. The monoisotopic (exact) mass is 1120 g/mol. The van der Waals surface area contributed by atoms with Gasteiger partial charge in [-0.1, -0.05) is 351 Å². The average Bonchev–Trinajstić information content (AvgIpc) is 3.46. The second-order valence-electron chi connectivity index (χ2n) is 23.8. The third-order valence-electron chi connectivity index (χ3n) is 15.8. The number of allylic oxidation sites excluding steroid dienone is 10. The number of rotatable bonds is 65. The van der Waals surface area contributed by atoms with E-state index in [0.29, 0.717) is 19.3 Å². The van der Waals surface area contributed by atoms with Crippen LogP contribution in [0.15, 0.2) is 60.8 Å². The molecule has 0 bridgehead atoms. The Hall–Kier alpha value is -2.89. The fourth-order valence-electron chi connectivity index (χ4n) is 10.5. The van der Waals surface area contributed by atoms with Gasteiger partial charge in [0, 0.05) is 19.3 Å². The Morgan fingerprint density at radius 2 is 0.487 bits per heavy atom. The van der Waals surface area contributed by atoms with E-state index in [-0.39, 0.29) is 31.1 Å². The Balaban J connectivity index is 4.20. The molecule has 0 radical (unpaired) electrons. The molecule has 80 heavy (non-hydrogen) atoms. The smallest absolute Gasteiger partial charge is 0.306 e. The van der Waals surface area contributed by atoms with E-state index in [1.807, 2.05) is 0 Å². The Morgan fingerprint density at radius 1 is 0.263 bits per heavy atom. The molecule has 1 unspecified atom stereocenters. The van der Waals surface area contributed by atoms with Gasteiger partial charge in [-0.3, -0.25) is 14.4 Å². The maximum atomic E-state index is 12.9. The molecule has 0 aromatic heterocycles. The van der Waals surface area contributed by atoms with E-state index >= 15 is 0 Å². The number of carbonyl (C=O) groups excluding carboxylic acids is 3. The van der Waals surface area contributed by atoms with E-state index in [1.54, 1.807) is 0 Å². The van der Waals surface area contributed by atoms with Crippen molar-refractivity contribution in [3.05, 3.63) is 60.8 Å². The summed E-state index contributed by atoms with van der Waals surface area (Å²) in [5.41, 5.74) is 0. The molecule has 0 rings (SSSR count). The molecule has 1 atom stereocenters. The lowest BCUT2D eigenvalue weighted by Crippen LogP contribution is -2.30. The van der Waals surface area contributed by atoms with Gasteiger partial charge >= 0.3 is 17.9 Å². The first-order valence-corrected chi connectivity index (χ1v) is 35.3. The van der Waals surface area contributed by atoms with Crippen molar-refractivity contribution in [1.29, 1.82) is 0 Å². The molecule has 0 spiro atoms. The molecule has 0 aromatic carbocycles. The van der Waals surface area contributed by atoms with Crippen LogP contribution in [-0.2, 0) is 28.6 Å². The molecule has 0 saturated heterocycles. The quantitative estimate of drug-likeness (QED) is 0.0261. The number of ether oxygens (including phenoxy) is 3. The molecule has 0 aliphatic heterocycles. The second kappa shape index (κ2) is 68.6. The van der Waals surface area contributed by atoms with E-state index in [2.05, 4.69) is 81.5 Å². The summed E-state index contributed by atoms with van der Waals surface area (Å²) in [4.78, 5) is 38.4. The summed E-state index contributed by atoms with van der Waals surface area (Å²) in [6.07, 6.45) is 88.3. The summed E-state index contributed by atoms with van der Waals surface area (Å²) in [6.45, 7) is 6.58. The molecule has 0 saturated carbocycles. The highest BCUT2D eigenvalue weighted by molar-refractivity contribution is 5.71. The van der Waals surface area contributed by atoms with Crippen LogP contribution in [0.4, 0.5) is 0 Å². The van der Waals surface area contributed by atoms with Gasteiger partial charge in [-0.2, -0.15) is 0 Å². The molecule has 0 fully saturated rings. The largest absolute Gasteiger partial charge is 0.462 e. The van der Waals surface area contributed by atoms with Crippen LogP contribution in [0.2, 0.25) is 0 Å². The van der Waals surface area contributed by atoms with Crippen LogP contribution in [0, 0.1) is 0 Å². The molecule has 0 N–H and O–H groups in total. The van der Waals surface area contributed by atoms with Crippen molar-refractivity contribution in [2.75, 3.05) is 13.2 Å². The zero-order chi connectivity index (χ0) is 57.8. The van der Waals surface area contributed by atoms with Gasteiger partial charge in [0.1, 0.15) is 13.2 Å². The number of esters is 3. The van der Waals surface area contributed by atoms with E-state index in [0.717, 1.165) is 96.3 Å². The number of hydrogen-bond acceptors (Lipinski definition) is 6. The zero-order valence-electron chi connectivity index (χ0n) is 53.6. The molecule has 0 aliphatic rings. The lowest BCUT2D eigenvalue weighted by Gasteiger charge is -2.18. The van der Waals surface area contributed by atoms with E-state index in [9.17, 15) is 14.4 Å². The summed E-state index contributed by atoms with van der Waals surface area (Å²) in [7, 11) is 0. The minimum Gasteiger partial charge on any atom is -0.462 e. The van der Waals surface area contributed by atoms with Crippen LogP contribution in [0.5, 0.6) is 0 Å². The minimum atomic E-state index is -0.775. The van der Waals surface area contributed by atoms with E-state index in [4.69, 9.17) is 14.2 Å². The summed E-state index contributed by atoms with van der Waals surface area (Å²) in [6, 6.07) is 0. The van der Waals surface area contributed by atoms with Crippen LogP contribution in [0.1, 0.15) is 374 Å². The van der Waals surface area contributed by atoms with Gasteiger partial charge in [0.05, 0.1) is 0 Å². The third kappa shape index (κ3) is 65.9. The molecule has 6 heteroatoms. The molecule has 0 aliphatic carbocycles. The number of carbonyl (C=O) groups is 3. The molecular weight excluding hydrogens is 985 g/mol. The van der Waals surface area contributed by atoms with Crippen LogP contribution < -0.4 is 0 Å². The summed E-state index contributed by atoms with van der Waals surface area (Å²) in [5, 5.41) is 0. The molecule has 0 aromatic rings. The number of unbranched alkanes of at least 4 members (excludes halogenated alkanes) is 44. The van der Waals surface area contributed by atoms with Crippen molar-refractivity contribution in [3.8, 4) is 0 Å². The van der Waals surface area contributed by atoms with Crippen molar-refractivity contribution in [2.24, 2.45) is 0 Å². The van der Waals surface area contributed by atoms with Crippen molar-refractivity contribution < 1.29 is 28.6 Å². The standard InChI is InChI=1S/C74H134O6/c1-4-7-10-13-16-19-22-24-26-28-30-32-34-36-38-39-41-43-45-47-49-52-55-58-61-64-67-73(76)79-70-71(69-78-72(75)66-63-60-57-54-51-21-18-15-12-9-6-3)80-74(77)68-65-62-59-56-53-50-48-46-44-42-40-37-35-33-31-29-27-25-23-20-17-14-11-8-5-2/h8,11,17,20,25,27,31,33,37,40,71H,4-7,9-10,12-16,18-19,21-24,26,28-30,32,34-36,38-39,41-70H2,1-3H3/b11-8-,20-17-,27-25-,33-31-,40-37-. The molecule has 0 amide bonds. The normalized spacial score (nSPS) is 12.4. The summed E-state index contributed by atoms with van der Waals surface area (Å²) >= 11 is 0. The van der Waals surface area contributed by atoms with Gasteiger partial charge in [0.25, 0.3) is 0 Å². The van der Waals surface area contributed by atoms with Gasteiger partial charge in [-0.25, -0.2) is 0 Å². The maximum absolute atomic E-state index is 12.9. The van der Waals surface area contributed by atoms with E-state index in [1.165, 1.54) is 238 Å². The van der Waals surface area contributed by atoms with Gasteiger partial charge in [0.2, 0.25) is 0 Å². The Labute approximate surface area is 498 Å². The van der Waals surface area contributed by atoms with Crippen molar-refractivity contribution in [1.82, 2.24) is 0 Å². The minimum absolute atomic E-state index is 0.0713. The second-order valence-corrected chi connectivity index (χ2v) is 23.8. The molecular formula is C74H134O6. The molecule has 0 heterocycles. The highest BCUT2D eigenvalue weighted by atomic mass is 16.6. The van der Waals surface area contributed by atoms with Crippen LogP contribution >= 0.6 is 0 Å². The summed E-state index contributed by atoms with van der Waals surface area (Å²) < 4.78 is 17.0. The fraction of sp³-hybridized carbons (Fsp3) is 0.824. The fourth-order valence-corrected chi connectivity index (χ4v) is 10.5. The van der Waals surface area contributed by atoms with Crippen molar-refractivity contribution >= 4 is 17.9 Å². The third-order valence-corrected chi connectivity index (χ3v) is 15.8. The predicted molar refractivity (Wildman–Crippen MR) is 348 cm³/mol. The highest BCUT2D eigenvalue weighted by Gasteiger charge is 2.19. The molecule has 6 nitrogen and oxygen atoms in total. The lowest BCUT2D eigenvalue weighted by molar-refractivity contribution is -0.167. The Bertz CT molecular complexity index is 1430. The highest BCUT2D eigenvalue weighted by Crippen LogP contribution is 2.18. The van der Waals surface area contributed by atoms with Crippen LogP contribution in [-0.4, -0.2) is 37.2 Å². The lowest BCUT2D eigenvalue weighted by atomic mass is 10.0. The first-order chi connectivity index (χ1) is 39.5. The molecule has 466 valence electrons. The van der Waals surface area contributed by atoms with Crippen LogP contribution in [0.3, 0.4) is 0 Å². The zero-order valence-corrected chi connectivity index (χ0v) is 53.6. The first-order valence-electron chi connectivity index (χ1n) is 35.3. The van der Waals surface area contributed by atoms with Crippen LogP contribution in [0.25, 0.3) is 0 Å². The van der Waals surface area contributed by atoms with Gasteiger partial charge in [-0.15, -0.1) is 0 Å². The van der Waals surface area contributed by atoms with Gasteiger partial charge < -0.3 is 14.2 Å². The SMILES string of the molecule is CC/C=C\C/C=C\C/C=C\C/C=C\C/C=C\CCCCCCCCCCCC(=O)OC(COC(=O)CCCCCCCCCCCCC)COC(=O)CCCCCCCCCCCCCCCCCCCCCCCCCCCC.